The summed E-state index contributed by atoms with van der Waals surface area (Å²) in [4.78, 5) is 36.2. The van der Waals surface area contributed by atoms with E-state index < -0.39 is 0 Å². The Kier molecular flexibility index (Phi) is 12.0. The largest absolute Gasteiger partial charge is 0.390 e. The highest BCUT2D eigenvalue weighted by molar-refractivity contribution is 6.10. The number of nitrogens with zero attached hydrogens (tertiary/aromatic N) is 4. The third-order valence-corrected chi connectivity index (χ3v) is 7.82. The molecule has 4 rings (SSSR count). The molecule has 236 valence electrons. The van der Waals surface area contributed by atoms with Crippen LogP contribution in [0, 0.1) is 13.8 Å². The number of morpholine rings is 1. The van der Waals surface area contributed by atoms with E-state index in [-0.39, 0.29) is 18.0 Å². The molecule has 0 radical (unpaired) electrons. The van der Waals surface area contributed by atoms with Gasteiger partial charge in [-0.2, -0.15) is 0 Å². The Morgan fingerprint density at radius 3 is 2.70 bits per heavy atom. The lowest BCUT2D eigenvalue weighted by molar-refractivity contribution is -0.117. The Balaban J connectivity index is 1.73. The number of aryl methyl sites for hydroxylation is 2. The highest BCUT2D eigenvalue weighted by Crippen LogP contribution is 2.23. The van der Waals surface area contributed by atoms with Crippen molar-refractivity contribution >= 4 is 23.8 Å². The average Bonchev–Trinajstić information content (AvgIpc) is 3.41. The second-order valence-corrected chi connectivity index (χ2v) is 11.3. The molecule has 44 heavy (non-hydrogen) atoms. The van der Waals surface area contributed by atoms with Gasteiger partial charge in [-0.05, 0) is 75.9 Å². The van der Waals surface area contributed by atoms with Crippen molar-refractivity contribution in [2.75, 3.05) is 64.5 Å². The predicted molar refractivity (Wildman–Crippen MR) is 180 cm³/mol. The van der Waals surface area contributed by atoms with Gasteiger partial charge in [0.15, 0.2) is 0 Å². The quantitative estimate of drug-likeness (QED) is 0.317. The van der Waals surface area contributed by atoms with Gasteiger partial charge in [-0.15, -0.1) is 0 Å². The molecule has 10 nitrogen and oxygen atoms in total. The first-order chi connectivity index (χ1) is 21.3. The molecular weight excluding hydrogens is 554 g/mol. The van der Waals surface area contributed by atoms with Gasteiger partial charge < -0.3 is 30.3 Å². The van der Waals surface area contributed by atoms with Crippen LogP contribution in [0.15, 0.2) is 63.7 Å². The molecule has 1 amide bonds. The molecule has 0 aromatic carbocycles. The van der Waals surface area contributed by atoms with Crippen LogP contribution in [0.4, 0.5) is 0 Å². The van der Waals surface area contributed by atoms with Gasteiger partial charge in [-0.1, -0.05) is 19.1 Å². The summed E-state index contributed by atoms with van der Waals surface area (Å²) in [6, 6.07) is 4.02. The van der Waals surface area contributed by atoms with E-state index >= 15 is 0 Å². The van der Waals surface area contributed by atoms with E-state index in [1.165, 1.54) is 0 Å². The number of hydrogen-bond acceptors (Lipinski definition) is 7. The number of H-pyrrole nitrogens is 1. The predicted octanol–water partition coefficient (Wildman–Crippen LogP) is 3.32. The first kappa shape index (κ1) is 32.8. The first-order valence-electron chi connectivity index (χ1n) is 15.5. The first-order valence-corrected chi connectivity index (χ1v) is 15.5. The number of carbonyl (C=O) groups is 1. The molecule has 0 unspecified atom stereocenters. The number of likely N-dealkylation sites (N-methyl/N-ethyl adjacent to an activating group) is 1. The fourth-order valence-electron chi connectivity index (χ4n) is 5.31. The number of allylic oxidation sites excluding steroid dienone is 4. The van der Waals surface area contributed by atoms with Crippen LogP contribution < -0.4 is 21.2 Å². The fraction of sp³-hybridized carbons (Fsp3) is 0.441. The smallest absolute Gasteiger partial charge is 0.253 e. The molecule has 0 spiro atoms. The van der Waals surface area contributed by atoms with Crippen LogP contribution in [0.5, 0.6) is 0 Å². The van der Waals surface area contributed by atoms with Crippen molar-refractivity contribution in [3.8, 4) is 0 Å². The Morgan fingerprint density at radius 2 is 1.95 bits per heavy atom. The minimum Gasteiger partial charge on any atom is -0.390 e. The van der Waals surface area contributed by atoms with E-state index in [9.17, 15) is 9.59 Å². The Bertz CT molecular complexity index is 1500. The van der Waals surface area contributed by atoms with Crippen molar-refractivity contribution in [2.45, 2.75) is 40.7 Å². The van der Waals surface area contributed by atoms with Crippen LogP contribution in [-0.4, -0.2) is 86.2 Å². The van der Waals surface area contributed by atoms with Crippen LogP contribution in [0.2, 0.25) is 0 Å². The molecule has 0 saturated carbocycles. The second kappa shape index (κ2) is 16.1. The molecule has 3 N–H and O–H groups in total. The number of amides is 1. The molecule has 1 fully saturated rings. The molecule has 2 aliphatic heterocycles. The van der Waals surface area contributed by atoms with Gasteiger partial charge in [0.1, 0.15) is 0 Å². The van der Waals surface area contributed by atoms with Crippen molar-refractivity contribution < 1.29 is 9.53 Å². The maximum atomic E-state index is 13.7. The van der Waals surface area contributed by atoms with Crippen molar-refractivity contribution in [1.29, 1.82) is 0 Å². The molecule has 0 atom stereocenters. The highest BCUT2D eigenvalue weighted by atomic mass is 16.5. The standard InChI is InChI=1S/C34H47N7O3/c1-6-8-25(2)31(33(42)37-23-32-26(3)19-27(4)38-34(32)43)21-30-20-29(24-41(30)40-15-17-44-18-16-40)28-9-7-10-35-11-13-39(5)14-12-36-22-28/h7-10,19-22,24,35H,6,11-18,23H2,1-5H3,(H,37,42)(H,38,43)/b10-7+,25-8+,28-9?,31-21+,36-22?. The number of ether oxygens (including phenoxy) is 1. The minimum absolute atomic E-state index is 0.145. The Labute approximate surface area is 260 Å². The number of hydrogen-bond donors (Lipinski definition) is 3. The third-order valence-electron chi connectivity index (χ3n) is 7.82. The SMILES string of the molecule is CC/C=C(C)/C(=C\c1cc(C2=C/C=C/NCCN(C)CCN=C2)cn1N1CCOCC1)C(=O)NCc1c(C)cc(C)[nH]c1=O. The lowest BCUT2D eigenvalue weighted by atomic mass is 10.0. The van der Waals surface area contributed by atoms with Gasteiger partial charge in [0.25, 0.3) is 11.5 Å². The normalized spacial score (nSPS) is 18.2. The molecule has 2 aliphatic rings. The number of carbonyl (C=O) groups excluding carboxylic acids is 1. The van der Waals surface area contributed by atoms with E-state index in [0.717, 1.165) is 72.8 Å². The number of aliphatic imine (C=N–C) groups is 1. The Hall–Kier alpha value is -4.15. The van der Waals surface area contributed by atoms with E-state index in [1.807, 2.05) is 51.4 Å². The molecule has 1 saturated heterocycles. The Morgan fingerprint density at radius 1 is 1.16 bits per heavy atom. The van der Waals surface area contributed by atoms with Crippen molar-refractivity contribution in [3.05, 3.63) is 92.3 Å². The number of aromatic nitrogens is 2. The summed E-state index contributed by atoms with van der Waals surface area (Å²) in [7, 11) is 2.10. The van der Waals surface area contributed by atoms with Gasteiger partial charge in [0, 0.05) is 66.6 Å². The van der Waals surface area contributed by atoms with Gasteiger partial charge in [-0.25, -0.2) is 0 Å². The number of rotatable bonds is 8. The molecule has 4 heterocycles. The lowest BCUT2D eigenvalue weighted by Crippen LogP contribution is -2.44. The van der Waals surface area contributed by atoms with E-state index in [1.54, 1.807) is 0 Å². The maximum Gasteiger partial charge on any atom is 0.253 e. The number of aromatic amines is 1. The van der Waals surface area contributed by atoms with Gasteiger partial charge in [0.2, 0.25) is 0 Å². The van der Waals surface area contributed by atoms with Crippen LogP contribution in [0.1, 0.15) is 48.3 Å². The van der Waals surface area contributed by atoms with Crippen molar-refractivity contribution in [1.82, 2.24) is 25.2 Å². The minimum atomic E-state index is -0.229. The van der Waals surface area contributed by atoms with E-state index in [0.29, 0.717) is 30.9 Å². The zero-order valence-corrected chi connectivity index (χ0v) is 26.8. The summed E-state index contributed by atoms with van der Waals surface area (Å²) in [5.41, 5.74) is 6.32. The van der Waals surface area contributed by atoms with E-state index in [2.05, 4.69) is 68.6 Å². The second-order valence-electron chi connectivity index (χ2n) is 11.3. The summed E-state index contributed by atoms with van der Waals surface area (Å²) in [6.45, 7) is 14.1. The molecule has 10 heteroatoms. The topological polar surface area (TPSA) is 107 Å². The van der Waals surface area contributed by atoms with Gasteiger partial charge in [0.05, 0.1) is 38.5 Å². The van der Waals surface area contributed by atoms with Crippen LogP contribution in [-0.2, 0) is 16.1 Å². The summed E-state index contributed by atoms with van der Waals surface area (Å²) in [5, 5.41) is 8.60. The average molecular weight is 602 g/mol. The zero-order chi connectivity index (χ0) is 31.5. The molecule has 2 aromatic rings. The van der Waals surface area contributed by atoms with Gasteiger partial charge in [-0.3, -0.25) is 19.3 Å². The number of pyridine rings is 1. The monoisotopic (exact) mass is 601 g/mol. The van der Waals surface area contributed by atoms with Crippen LogP contribution >= 0.6 is 0 Å². The van der Waals surface area contributed by atoms with E-state index in [4.69, 9.17) is 9.73 Å². The van der Waals surface area contributed by atoms with Crippen molar-refractivity contribution in [3.63, 3.8) is 0 Å². The fourth-order valence-corrected chi connectivity index (χ4v) is 5.31. The molecule has 0 bridgehead atoms. The maximum absolute atomic E-state index is 13.7. The van der Waals surface area contributed by atoms with Crippen LogP contribution in [0.3, 0.4) is 0 Å². The summed E-state index contributed by atoms with van der Waals surface area (Å²) >= 11 is 0. The van der Waals surface area contributed by atoms with Crippen molar-refractivity contribution in [2.24, 2.45) is 4.99 Å². The zero-order valence-electron chi connectivity index (χ0n) is 26.8. The summed E-state index contributed by atoms with van der Waals surface area (Å²) in [5.74, 6) is -0.229. The molecule has 0 aliphatic carbocycles. The summed E-state index contributed by atoms with van der Waals surface area (Å²) in [6.07, 6.45) is 14.9. The van der Waals surface area contributed by atoms with Gasteiger partial charge >= 0.3 is 0 Å². The lowest BCUT2D eigenvalue weighted by Gasteiger charge is -2.31. The number of nitrogens with one attached hydrogen (secondary N) is 3. The highest BCUT2D eigenvalue weighted by Gasteiger charge is 2.19. The summed E-state index contributed by atoms with van der Waals surface area (Å²) < 4.78 is 7.76. The molecular formula is C34H47N7O3. The van der Waals surface area contributed by atoms with Crippen LogP contribution in [0.25, 0.3) is 11.6 Å². The third kappa shape index (κ3) is 8.93. The molecule has 2 aromatic heterocycles.